The van der Waals surface area contributed by atoms with Gasteiger partial charge in [-0.2, -0.15) is 0 Å². The van der Waals surface area contributed by atoms with Gasteiger partial charge in [0, 0.05) is 31.5 Å². The number of benzene rings is 2. The third-order valence-electron chi connectivity index (χ3n) is 7.14. The summed E-state index contributed by atoms with van der Waals surface area (Å²) in [4.78, 5) is 28.3. The number of anilines is 1. The lowest BCUT2D eigenvalue weighted by Gasteiger charge is -2.35. The number of aromatic nitrogens is 3. The molecule has 6 rings (SSSR count). The van der Waals surface area contributed by atoms with Gasteiger partial charge in [-0.1, -0.05) is 30.7 Å². The minimum absolute atomic E-state index is 0.0396. The highest BCUT2D eigenvalue weighted by Crippen LogP contribution is 2.29. The maximum Gasteiger partial charge on any atom is 0.290 e. The molecule has 1 unspecified atom stereocenters. The Balaban J connectivity index is 1.30. The second-order valence-corrected chi connectivity index (χ2v) is 9.48. The third kappa shape index (κ3) is 4.41. The summed E-state index contributed by atoms with van der Waals surface area (Å²) in [6.45, 7) is 1.06. The van der Waals surface area contributed by atoms with Crippen LogP contribution in [0, 0.1) is 5.82 Å². The van der Waals surface area contributed by atoms with Gasteiger partial charge >= 0.3 is 0 Å². The highest BCUT2D eigenvalue weighted by Gasteiger charge is 2.36. The summed E-state index contributed by atoms with van der Waals surface area (Å²) in [5.74, 6) is 0.320. The van der Waals surface area contributed by atoms with Crippen LogP contribution in [-0.2, 0) is 30.7 Å². The van der Waals surface area contributed by atoms with Crippen molar-refractivity contribution in [1.29, 1.82) is 0 Å². The van der Waals surface area contributed by atoms with Crippen LogP contribution in [0.2, 0.25) is 0 Å². The number of aryl methyl sites for hydroxylation is 1. The number of halogens is 1. The minimum Gasteiger partial charge on any atom is -0.459 e. The van der Waals surface area contributed by atoms with Crippen LogP contribution in [0.5, 0.6) is 0 Å². The van der Waals surface area contributed by atoms with E-state index in [1.54, 1.807) is 24.3 Å². The maximum absolute atomic E-state index is 14.9. The molecule has 9 heteroatoms. The topological polar surface area (TPSA) is 93.3 Å². The summed E-state index contributed by atoms with van der Waals surface area (Å²) >= 11 is 0. The van der Waals surface area contributed by atoms with Crippen molar-refractivity contribution in [3.8, 4) is 11.4 Å². The average molecular weight is 500 g/mol. The smallest absolute Gasteiger partial charge is 0.290 e. The van der Waals surface area contributed by atoms with E-state index in [-0.39, 0.29) is 23.9 Å². The summed E-state index contributed by atoms with van der Waals surface area (Å²) in [6.07, 6.45) is 5.83. The van der Waals surface area contributed by atoms with E-state index in [4.69, 9.17) is 4.42 Å². The van der Waals surface area contributed by atoms with Crippen molar-refractivity contribution in [2.45, 2.75) is 51.2 Å². The first kappa shape index (κ1) is 23.1. The van der Waals surface area contributed by atoms with Crippen LogP contribution < -0.4 is 5.32 Å². The lowest BCUT2D eigenvalue weighted by Crippen LogP contribution is -2.50. The number of amides is 2. The van der Waals surface area contributed by atoms with Gasteiger partial charge in [0.2, 0.25) is 5.91 Å². The molecule has 4 aromatic rings. The van der Waals surface area contributed by atoms with Gasteiger partial charge in [0.1, 0.15) is 17.7 Å². The van der Waals surface area contributed by atoms with Crippen molar-refractivity contribution in [2.75, 3.05) is 5.32 Å². The maximum atomic E-state index is 14.9. The molecule has 2 aliphatic heterocycles. The number of fused-ring (bicyclic) bond motifs is 2. The summed E-state index contributed by atoms with van der Waals surface area (Å²) in [5.41, 5.74) is 2.66. The lowest BCUT2D eigenvalue weighted by molar-refractivity contribution is -0.121. The van der Waals surface area contributed by atoms with Crippen LogP contribution in [0.25, 0.3) is 11.4 Å². The predicted molar refractivity (Wildman–Crippen MR) is 134 cm³/mol. The fraction of sp³-hybridized carbons (Fsp3) is 0.286. The van der Waals surface area contributed by atoms with Crippen molar-refractivity contribution in [3.63, 3.8) is 0 Å². The Bertz CT molecular complexity index is 1460. The zero-order valence-corrected chi connectivity index (χ0v) is 20.2. The number of furan rings is 1. The Labute approximate surface area is 213 Å². The molecule has 0 fully saturated rings. The Morgan fingerprint density at radius 3 is 2.70 bits per heavy atom. The molecule has 2 aromatic carbocycles. The summed E-state index contributed by atoms with van der Waals surface area (Å²) in [6, 6.07) is 14.6. The van der Waals surface area contributed by atoms with Gasteiger partial charge in [-0.25, -0.2) is 4.39 Å². The van der Waals surface area contributed by atoms with Gasteiger partial charge in [0.25, 0.3) is 5.91 Å². The van der Waals surface area contributed by atoms with Crippen molar-refractivity contribution in [3.05, 3.63) is 89.4 Å². The van der Waals surface area contributed by atoms with Crippen LogP contribution in [0.1, 0.15) is 46.8 Å². The average Bonchev–Trinajstić information content (AvgIpc) is 3.54. The van der Waals surface area contributed by atoms with Crippen molar-refractivity contribution in [1.82, 2.24) is 19.7 Å². The number of hydrogen-bond donors (Lipinski definition) is 1. The highest BCUT2D eigenvalue weighted by molar-refractivity contribution is 6.01. The molecule has 37 heavy (non-hydrogen) atoms. The van der Waals surface area contributed by atoms with Crippen LogP contribution in [0.3, 0.4) is 0 Å². The number of carbonyl (C=O) groups is 2. The first-order valence-corrected chi connectivity index (χ1v) is 12.5. The number of hydrogen-bond acceptors (Lipinski definition) is 5. The van der Waals surface area contributed by atoms with E-state index in [2.05, 4.69) is 20.1 Å². The molecule has 2 aliphatic rings. The molecule has 0 saturated carbocycles. The minimum atomic E-state index is -0.833. The van der Waals surface area contributed by atoms with E-state index in [9.17, 15) is 14.0 Å². The summed E-state index contributed by atoms with van der Waals surface area (Å²) in [5, 5.41) is 11.4. The summed E-state index contributed by atoms with van der Waals surface area (Å²) < 4.78 is 22.3. The highest BCUT2D eigenvalue weighted by atomic mass is 19.1. The SMILES string of the molecule is O=C(Nc1cc(-c2nnc3n2CCCCC3)ccc1F)C1Cc2ccccc2CN1C(=O)c1ccco1. The molecule has 2 aromatic heterocycles. The Hall–Kier alpha value is -4.27. The zero-order valence-electron chi connectivity index (χ0n) is 20.2. The molecule has 1 atom stereocenters. The molecule has 8 nitrogen and oxygen atoms in total. The standard InChI is InChI=1S/C28H26FN5O3/c29-21-12-11-19(26-32-31-25-10-2-1-5-13-33(25)26)15-22(21)30-27(35)23-16-18-7-3-4-8-20(18)17-34(23)28(36)24-9-6-14-37-24/h3-4,6-9,11-12,14-15,23H,1-2,5,10,13,16-17H2,(H,30,35). The molecule has 0 aliphatic carbocycles. The molecular weight excluding hydrogens is 473 g/mol. The number of nitrogens with one attached hydrogen (secondary N) is 1. The third-order valence-corrected chi connectivity index (χ3v) is 7.14. The fourth-order valence-electron chi connectivity index (χ4n) is 5.19. The van der Waals surface area contributed by atoms with Crippen molar-refractivity contribution < 1.29 is 18.4 Å². The van der Waals surface area contributed by atoms with E-state index in [0.29, 0.717) is 17.8 Å². The number of carbonyl (C=O) groups excluding carboxylic acids is 2. The number of rotatable bonds is 4. The monoisotopic (exact) mass is 499 g/mol. The Morgan fingerprint density at radius 1 is 1.00 bits per heavy atom. The van der Waals surface area contributed by atoms with Gasteiger partial charge in [-0.05, 0) is 54.3 Å². The molecule has 0 spiro atoms. The molecule has 0 saturated heterocycles. The Morgan fingerprint density at radius 2 is 1.86 bits per heavy atom. The van der Waals surface area contributed by atoms with E-state index in [1.807, 2.05) is 24.3 Å². The van der Waals surface area contributed by atoms with Gasteiger partial charge < -0.3 is 19.2 Å². The normalized spacial score (nSPS) is 17.0. The van der Waals surface area contributed by atoms with Crippen LogP contribution in [0.4, 0.5) is 10.1 Å². The first-order valence-electron chi connectivity index (χ1n) is 12.5. The number of nitrogens with zero attached hydrogens (tertiary/aromatic N) is 4. The van der Waals surface area contributed by atoms with Crippen LogP contribution in [0.15, 0.2) is 65.3 Å². The molecule has 4 heterocycles. The van der Waals surface area contributed by atoms with Gasteiger partial charge in [0.05, 0.1) is 12.0 Å². The molecule has 1 N–H and O–H groups in total. The quantitative estimate of drug-likeness (QED) is 0.443. The van der Waals surface area contributed by atoms with E-state index >= 15 is 0 Å². The van der Waals surface area contributed by atoms with Crippen molar-refractivity contribution in [2.24, 2.45) is 0 Å². The van der Waals surface area contributed by atoms with E-state index in [0.717, 1.165) is 49.2 Å². The van der Waals surface area contributed by atoms with Gasteiger partial charge in [-0.3, -0.25) is 9.59 Å². The zero-order chi connectivity index (χ0) is 25.4. The molecular formula is C28H26FN5O3. The van der Waals surface area contributed by atoms with E-state index < -0.39 is 17.8 Å². The predicted octanol–water partition coefficient (Wildman–Crippen LogP) is 4.61. The van der Waals surface area contributed by atoms with E-state index in [1.165, 1.54) is 17.2 Å². The fourth-order valence-corrected chi connectivity index (χ4v) is 5.19. The van der Waals surface area contributed by atoms with Crippen LogP contribution >= 0.6 is 0 Å². The van der Waals surface area contributed by atoms with Crippen molar-refractivity contribution >= 4 is 17.5 Å². The van der Waals surface area contributed by atoms with Gasteiger partial charge in [-0.15, -0.1) is 10.2 Å². The second kappa shape index (κ2) is 9.65. The molecule has 0 bridgehead atoms. The van der Waals surface area contributed by atoms with Gasteiger partial charge in [0.15, 0.2) is 11.6 Å². The Kier molecular flexibility index (Phi) is 6.04. The van der Waals surface area contributed by atoms with Crippen LogP contribution in [-0.4, -0.2) is 37.5 Å². The molecule has 2 amide bonds. The largest absolute Gasteiger partial charge is 0.459 e. The molecule has 0 radical (unpaired) electrons. The first-order chi connectivity index (χ1) is 18.1. The summed E-state index contributed by atoms with van der Waals surface area (Å²) in [7, 11) is 0. The lowest BCUT2D eigenvalue weighted by atomic mass is 9.93. The second-order valence-electron chi connectivity index (χ2n) is 9.48. The molecule has 188 valence electrons.